The summed E-state index contributed by atoms with van der Waals surface area (Å²) in [5.74, 6) is 0. The third-order valence-electron chi connectivity index (χ3n) is 3.43. The number of fused-ring (bicyclic) bond motifs is 1. The lowest BCUT2D eigenvalue weighted by Crippen LogP contribution is -1.95. The molecule has 6 nitrogen and oxygen atoms in total. The molecule has 4 rings (SSSR count). The maximum Gasteiger partial charge on any atom is 0.143 e. The normalized spacial score (nSPS) is 11.1. The van der Waals surface area contributed by atoms with Gasteiger partial charge in [0.1, 0.15) is 12.0 Å². The standard InChI is InChI=1S/C15H12N6/c1-11-4-3-7-20-9-14(17-15(11)20)12-5-2-6-13(8-12)21-10-16-18-19-21/h2-10H,1H3. The van der Waals surface area contributed by atoms with Crippen LogP contribution < -0.4 is 0 Å². The number of aromatic nitrogens is 6. The quantitative estimate of drug-likeness (QED) is 0.563. The molecule has 0 N–H and O–H groups in total. The van der Waals surface area contributed by atoms with Gasteiger partial charge in [-0.15, -0.1) is 5.10 Å². The van der Waals surface area contributed by atoms with Gasteiger partial charge in [-0.1, -0.05) is 18.2 Å². The van der Waals surface area contributed by atoms with Crippen molar-refractivity contribution in [3.8, 4) is 16.9 Å². The molecular weight excluding hydrogens is 264 g/mol. The van der Waals surface area contributed by atoms with Gasteiger partial charge in [0.15, 0.2) is 0 Å². The number of hydrogen-bond acceptors (Lipinski definition) is 4. The van der Waals surface area contributed by atoms with E-state index in [1.54, 1.807) is 11.0 Å². The molecule has 1 aromatic carbocycles. The van der Waals surface area contributed by atoms with E-state index in [0.29, 0.717) is 0 Å². The summed E-state index contributed by atoms with van der Waals surface area (Å²) in [7, 11) is 0. The lowest BCUT2D eigenvalue weighted by molar-refractivity contribution is 0.789. The molecule has 0 saturated carbocycles. The number of nitrogens with zero attached hydrogens (tertiary/aromatic N) is 6. The van der Waals surface area contributed by atoms with Gasteiger partial charge < -0.3 is 4.40 Å². The van der Waals surface area contributed by atoms with Crippen LogP contribution in [-0.4, -0.2) is 29.6 Å². The van der Waals surface area contributed by atoms with Crippen LogP contribution in [0.5, 0.6) is 0 Å². The summed E-state index contributed by atoms with van der Waals surface area (Å²) in [6, 6.07) is 12.1. The van der Waals surface area contributed by atoms with Crippen LogP contribution in [0.15, 0.2) is 55.1 Å². The van der Waals surface area contributed by atoms with Gasteiger partial charge in [-0.2, -0.15) is 0 Å². The van der Waals surface area contributed by atoms with Gasteiger partial charge in [-0.05, 0) is 41.1 Å². The molecule has 0 spiro atoms. The third kappa shape index (κ3) is 1.97. The maximum absolute atomic E-state index is 4.71. The topological polar surface area (TPSA) is 60.9 Å². The lowest BCUT2D eigenvalue weighted by atomic mass is 10.1. The Balaban J connectivity index is 1.85. The molecule has 0 atom stereocenters. The zero-order valence-electron chi connectivity index (χ0n) is 11.4. The van der Waals surface area contributed by atoms with E-state index < -0.39 is 0 Å². The number of imidazole rings is 1. The first-order valence-electron chi connectivity index (χ1n) is 6.59. The Morgan fingerprint density at radius 3 is 2.86 bits per heavy atom. The number of pyridine rings is 1. The van der Waals surface area contributed by atoms with Crippen molar-refractivity contribution in [1.29, 1.82) is 0 Å². The van der Waals surface area contributed by atoms with Crippen LogP contribution in [0.4, 0.5) is 0 Å². The van der Waals surface area contributed by atoms with Gasteiger partial charge in [-0.25, -0.2) is 9.67 Å². The summed E-state index contributed by atoms with van der Waals surface area (Å²) in [5, 5.41) is 11.2. The Morgan fingerprint density at radius 2 is 2.05 bits per heavy atom. The largest absolute Gasteiger partial charge is 0.306 e. The number of hydrogen-bond donors (Lipinski definition) is 0. The number of tetrazole rings is 1. The van der Waals surface area contributed by atoms with Crippen molar-refractivity contribution in [1.82, 2.24) is 29.6 Å². The third-order valence-corrected chi connectivity index (χ3v) is 3.43. The van der Waals surface area contributed by atoms with E-state index in [1.807, 2.05) is 47.1 Å². The van der Waals surface area contributed by atoms with Gasteiger partial charge >= 0.3 is 0 Å². The predicted octanol–water partition coefficient (Wildman–Crippen LogP) is 2.29. The van der Waals surface area contributed by atoms with Crippen molar-refractivity contribution < 1.29 is 0 Å². The summed E-state index contributed by atoms with van der Waals surface area (Å²) in [4.78, 5) is 4.71. The minimum atomic E-state index is 0.909. The molecule has 0 aliphatic carbocycles. The summed E-state index contributed by atoms with van der Waals surface area (Å²) in [5.41, 5.74) is 5.00. The average Bonchev–Trinajstić information content (AvgIpc) is 3.18. The van der Waals surface area contributed by atoms with E-state index in [2.05, 4.69) is 28.5 Å². The number of aryl methyl sites for hydroxylation is 1. The molecule has 0 aliphatic heterocycles. The molecule has 0 bridgehead atoms. The molecule has 0 aliphatic rings. The highest BCUT2D eigenvalue weighted by Crippen LogP contribution is 2.22. The molecule has 0 unspecified atom stereocenters. The lowest BCUT2D eigenvalue weighted by Gasteiger charge is -2.01. The van der Waals surface area contributed by atoms with Crippen LogP contribution >= 0.6 is 0 Å². The summed E-state index contributed by atoms with van der Waals surface area (Å²) < 4.78 is 3.67. The van der Waals surface area contributed by atoms with E-state index in [4.69, 9.17) is 4.98 Å². The van der Waals surface area contributed by atoms with Crippen molar-refractivity contribution in [2.24, 2.45) is 0 Å². The number of rotatable bonds is 2. The summed E-state index contributed by atoms with van der Waals surface area (Å²) in [6.45, 7) is 2.06. The highest BCUT2D eigenvalue weighted by Gasteiger charge is 2.07. The molecular formula is C15H12N6. The SMILES string of the molecule is Cc1cccn2cc(-c3cccc(-n4cnnn4)c3)nc12. The minimum absolute atomic E-state index is 0.909. The van der Waals surface area contributed by atoms with Crippen molar-refractivity contribution in [3.63, 3.8) is 0 Å². The average molecular weight is 276 g/mol. The molecule has 0 amide bonds. The van der Waals surface area contributed by atoms with E-state index >= 15 is 0 Å². The number of benzene rings is 1. The van der Waals surface area contributed by atoms with Crippen LogP contribution in [0, 0.1) is 6.92 Å². The van der Waals surface area contributed by atoms with Crippen molar-refractivity contribution >= 4 is 5.65 Å². The van der Waals surface area contributed by atoms with E-state index in [1.165, 1.54) is 0 Å². The van der Waals surface area contributed by atoms with Crippen molar-refractivity contribution in [2.75, 3.05) is 0 Å². The second kappa shape index (κ2) is 4.52. The van der Waals surface area contributed by atoms with Gasteiger partial charge in [0.25, 0.3) is 0 Å². The van der Waals surface area contributed by atoms with Crippen molar-refractivity contribution in [3.05, 3.63) is 60.7 Å². The molecule has 0 saturated heterocycles. The van der Waals surface area contributed by atoms with E-state index in [9.17, 15) is 0 Å². The fraction of sp³-hybridized carbons (Fsp3) is 0.0667. The maximum atomic E-state index is 4.71. The Labute approximate surface area is 120 Å². The summed E-state index contributed by atoms with van der Waals surface area (Å²) in [6.07, 6.45) is 5.61. The van der Waals surface area contributed by atoms with E-state index in [0.717, 1.165) is 28.2 Å². The molecule has 0 radical (unpaired) electrons. The molecule has 102 valence electrons. The molecule has 0 fully saturated rings. The second-order valence-electron chi connectivity index (χ2n) is 4.85. The first-order valence-corrected chi connectivity index (χ1v) is 6.59. The monoisotopic (exact) mass is 276 g/mol. The van der Waals surface area contributed by atoms with Crippen LogP contribution in [-0.2, 0) is 0 Å². The fourth-order valence-electron chi connectivity index (χ4n) is 2.38. The van der Waals surface area contributed by atoms with Crippen molar-refractivity contribution in [2.45, 2.75) is 6.92 Å². The van der Waals surface area contributed by atoms with Crippen LogP contribution in [0.2, 0.25) is 0 Å². The minimum Gasteiger partial charge on any atom is -0.306 e. The van der Waals surface area contributed by atoms with Crippen LogP contribution in [0.1, 0.15) is 5.56 Å². The Hall–Kier alpha value is -3.02. The highest BCUT2D eigenvalue weighted by molar-refractivity contribution is 5.66. The van der Waals surface area contributed by atoms with Gasteiger partial charge in [0.2, 0.25) is 0 Å². The van der Waals surface area contributed by atoms with Gasteiger partial charge in [-0.3, -0.25) is 0 Å². The first kappa shape index (κ1) is 11.8. The Bertz CT molecular complexity index is 907. The molecule has 3 aromatic heterocycles. The molecule has 4 aromatic rings. The van der Waals surface area contributed by atoms with Crippen LogP contribution in [0.3, 0.4) is 0 Å². The van der Waals surface area contributed by atoms with Gasteiger partial charge in [0, 0.05) is 18.0 Å². The zero-order valence-corrected chi connectivity index (χ0v) is 11.4. The van der Waals surface area contributed by atoms with E-state index in [-0.39, 0.29) is 0 Å². The highest BCUT2D eigenvalue weighted by atomic mass is 15.5. The Kier molecular flexibility index (Phi) is 2.53. The molecule has 3 heterocycles. The van der Waals surface area contributed by atoms with Gasteiger partial charge in [0.05, 0.1) is 11.4 Å². The predicted molar refractivity (Wildman–Crippen MR) is 78.1 cm³/mol. The molecule has 6 heteroatoms. The summed E-state index contributed by atoms with van der Waals surface area (Å²) >= 11 is 0. The fourth-order valence-corrected chi connectivity index (χ4v) is 2.38. The zero-order chi connectivity index (χ0) is 14.2. The first-order chi connectivity index (χ1) is 10.3. The second-order valence-corrected chi connectivity index (χ2v) is 4.85. The smallest absolute Gasteiger partial charge is 0.143 e. The Morgan fingerprint density at radius 1 is 1.10 bits per heavy atom. The molecule has 21 heavy (non-hydrogen) atoms. The van der Waals surface area contributed by atoms with Crippen LogP contribution in [0.25, 0.3) is 22.6 Å².